The number of fused-ring (bicyclic) bond motifs is 2. The number of rotatable bonds is 4. The second-order valence-electron chi connectivity index (χ2n) is 7.97. The van der Waals surface area contributed by atoms with Crippen molar-refractivity contribution in [3.05, 3.63) is 53.2 Å². The lowest BCUT2D eigenvalue weighted by molar-refractivity contribution is -0.159. The van der Waals surface area contributed by atoms with Gasteiger partial charge in [-0.1, -0.05) is 23.7 Å². The average Bonchev–Trinajstić information content (AvgIpc) is 3.27. The normalized spacial score (nSPS) is 15.5. The van der Waals surface area contributed by atoms with Gasteiger partial charge in [0.2, 0.25) is 0 Å². The average molecular weight is 488 g/mol. The molecular weight excluding hydrogens is 462 g/mol. The predicted molar refractivity (Wildman–Crippen MR) is 128 cm³/mol. The van der Waals surface area contributed by atoms with Crippen molar-refractivity contribution in [1.29, 1.82) is 0 Å². The predicted octanol–water partition coefficient (Wildman–Crippen LogP) is 3.11. The maximum Gasteiger partial charge on any atom is 0.414 e. The molecule has 1 saturated heterocycles. The van der Waals surface area contributed by atoms with Crippen LogP contribution in [0, 0.1) is 0 Å². The molecule has 2 aliphatic heterocycles. The summed E-state index contributed by atoms with van der Waals surface area (Å²) in [7, 11) is 0. The maximum atomic E-state index is 9.10. The summed E-state index contributed by atoms with van der Waals surface area (Å²) < 4.78 is 11.6. The summed E-state index contributed by atoms with van der Waals surface area (Å²) in [6, 6.07) is 12.2. The quantitative estimate of drug-likeness (QED) is 0.481. The number of carboxylic acids is 2. The van der Waals surface area contributed by atoms with Gasteiger partial charge in [-0.2, -0.15) is 0 Å². The summed E-state index contributed by atoms with van der Waals surface area (Å²) in [5, 5.41) is 16.8. The van der Waals surface area contributed by atoms with Crippen molar-refractivity contribution in [3.63, 3.8) is 0 Å². The van der Waals surface area contributed by atoms with Crippen LogP contribution in [0.4, 0.5) is 5.69 Å². The van der Waals surface area contributed by atoms with Crippen LogP contribution in [-0.2, 0) is 16.0 Å². The Labute approximate surface area is 201 Å². The van der Waals surface area contributed by atoms with Crippen molar-refractivity contribution in [1.82, 2.24) is 9.88 Å². The van der Waals surface area contributed by atoms with Gasteiger partial charge in [0.25, 0.3) is 0 Å². The van der Waals surface area contributed by atoms with Crippen LogP contribution in [0.2, 0.25) is 5.02 Å². The number of benzene rings is 2. The minimum Gasteiger partial charge on any atom is -0.486 e. The van der Waals surface area contributed by atoms with Gasteiger partial charge in [0.1, 0.15) is 13.2 Å². The first-order valence-electron chi connectivity index (χ1n) is 11.0. The molecule has 0 radical (unpaired) electrons. The third-order valence-electron chi connectivity index (χ3n) is 5.88. The summed E-state index contributed by atoms with van der Waals surface area (Å²) in [5.74, 6) is -1.89. The van der Waals surface area contributed by atoms with E-state index < -0.39 is 11.9 Å². The third kappa shape index (κ3) is 5.37. The van der Waals surface area contributed by atoms with E-state index >= 15 is 0 Å². The van der Waals surface area contributed by atoms with Crippen molar-refractivity contribution >= 4 is 40.1 Å². The number of hydrogen-bond acceptors (Lipinski definition) is 6. The first kappa shape index (κ1) is 23.7. The molecule has 0 atom stereocenters. The molecule has 1 fully saturated rings. The number of nitrogens with one attached hydrogen (secondary N) is 1. The molecule has 1 aromatic heterocycles. The molecule has 0 unspecified atom stereocenters. The van der Waals surface area contributed by atoms with Crippen molar-refractivity contribution < 1.29 is 29.3 Å². The van der Waals surface area contributed by atoms with Crippen molar-refractivity contribution in [2.75, 3.05) is 50.8 Å². The van der Waals surface area contributed by atoms with Crippen LogP contribution >= 0.6 is 11.6 Å². The lowest BCUT2D eigenvalue weighted by atomic mass is 10.1. The molecular formula is C24H26ClN3O6. The second-order valence-corrected chi connectivity index (χ2v) is 8.37. The number of aromatic amines is 1. The number of para-hydroxylation sites is 1. The van der Waals surface area contributed by atoms with E-state index in [0.717, 1.165) is 72.3 Å². The fourth-order valence-corrected chi connectivity index (χ4v) is 4.50. The van der Waals surface area contributed by atoms with Gasteiger partial charge in [0, 0.05) is 49.8 Å². The summed E-state index contributed by atoms with van der Waals surface area (Å²) in [6.07, 6.45) is 3.10. The number of H-pyrrole nitrogens is 1. The van der Waals surface area contributed by atoms with Gasteiger partial charge in [-0.3, -0.25) is 4.90 Å². The Kier molecular flexibility index (Phi) is 7.44. The number of aliphatic carboxylic acids is 2. The molecule has 9 nitrogen and oxygen atoms in total. The molecule has 0 spiro atoms. The van der Waals surface area contributed by atoms with Crippen LogP contribution in [0.3, 0.4) is 0 Å². The van der Waals surface area contributed by atoms with Crippen LogP contribution in [0.5, 0.6) is 11.5 Å². The zero-order valence-electron chi connectivity index (χ0n) is 18.5. The second kappa shape index (κ2) is 10.7. The number of piperazine rings is 1. The largest absolute Gasteiger partial charge is 0.486 e. The Bertz CT molecular complexity index is 1160. The van der Waals surface area contributed by atoms with Gasteiger partial charge in [-0.25, -0.2) is 9.59 Å². The number of hydrogen-bond donors (Lipinski definition) is 3. The molecule has 5 rings (SSSR count). The molecule has 180 valence electrons. The van der Waals surface area contributed by atoms with Crippen LogP contribution in [0.25, 0.3) is 10.9 Å². The number of ether oxygens (including phenoxy) is 2. The zero-order chi connectivity index (χ0) is 24.1. The Hall–Kier alpha value is -3.43. The molecule has 10 heteroatoms. The third-order valence-corrected chi connectivity index (χ3v) is 6.19. The minimum absolute atomic E-state index is 0.622. The highest BCUT2D eigenvalue weighted by Crippen LogP contribution is 2.39. The molecule has 34 heavy (non-hydrogen) atoms. The van der Waals surface area contributed by atoms with E-state index in [1.54, 1.807) is 0 Å². The van der Waals surface area contributed by atoms with Crippen LogP contribution in [0.1, 0.15) is 5.56 Å². The van der Waals surface area contributed by atoms with E-state index in [-0.39, 0.29) is 0 Å². The highest BCUT2D eigenvalue weighted by Gasteiger charge is 2.23. The smallest absolute Gasteiger partial charge is 0.414 e. The monoisotopic (exact) mass is 487 g/mol. The van der Waals surface area contributed by atoms with E-state index in [4.69, 9.17) is 40.9 Å². The number of anilines is 1. The molecule has 0 saturated carbocycles. The fraction of sp³-hybridized carbons (Fsp3) is 0.333. The highest BCUT2D eigenvalue weighted by molar-refractivity contribution is 6.35. The summed E-state index contributed by atoms with van der Waals surface area (Å²) in [4.78, 5) is 26.5. The Balaban J connectivity index is 0.000000408. The number of nitrogens with zero attached hydrogens (tertiary/aromatic N) is 2. The molecule has 3 aromatic rings. The fourth-order valence-electron chi connectivity index (χ4n) is 4.20. The first-order chi connectivity index (χ1) is 16.4. The number of carbonyl (C=O) groups is 2. The van der Waals surface area contributed by atoms with Crippen LogP contribution in [0.15, 0.2) is 42.6 Å². The Morgan fingerprint density at radius 3 is 2.41 bits per heavy atom. The maximum absolute atomic E-state index is 9.10. The van der Waals surface area contributed by atoms with Gasteiger partial charge in [0.05, 0.1) is 10.7 Å². The van der Waals surface area contributed by atoms with Gasteiger partial charge in [0.15, 0.2) is 11.5 Å². The van der Waals surface area contributed by atoms with E-state index in [9.17, 15) is 0 Å². The standard InChI is InChI=1S/C22H24ClN3O2.C2H2O4/c23-17-3-1-4-18-21(17)16(15-24-18)7-8-25-9-11-26(12-10-25)19-5-2-6-20-22(19)28-14-13-27-20;3-1(4)2(5)6/h1-6,15,24H,7-14H2;(H,3,4)(H,5,6). The first-order valence-corrected chi connectivity index (χ1v) is 11.4. The van der Waals surface area contributed by atoms with Gasteiger partial charge < -0.3 is 29.6 Å². The van der Waals surface area contributed by atoms with E-state index in [1.807, 2.05) is 18.2 Å². The van der Waals surface area contributed by atoms with Crippen LogP contribution in [-0.4, -0.2) is 78.0 Å². The summed E-state index contributed by atoms with van der Waals surface area (Å²) in [6.45, 7) is 6.36. The summed E-state index contributed by atoms with van der Waals surface area (Å²) >= 11 is 6.41. The number of aromatic nitrogens is 1. The molecule has 3 N–H and O–H groups in total. The SMILES string of the molecule is Clc1cccc2[nH]cc(CCN3CCN(c4cccc5c4OCCO5)CC3)c12.O=C(O)C(=O)O. The number of carboxylic acid groups (broad SMARTS) is 2. The van der Waals surface area contributed by atoms with Crippen molar-refractivity contribution in [2.45, 2.75) is 6.42 Å². The van der Waals surface area contributed by atoms with Crippen molar-refractivity contribution in [2.24, 2.45) is 0 Å². The molecule has 0 amide bonds. The topological polar surface area (TPSA) is 115 Å². The Morgan fingerprint density at radius 2 is 1.68 bits per heavy atom. The molecule has 0 aliphatic carbocycles. The molecule has 2 aromatic carbocycles. The van der Waals surface area contributed by atoms with Crippen molar-refractivity contribution in [3.8, 4) is 11.5 Å². The lowest BCUT2D eigenvalue weighted by Gasteiger charge is -2.37. The molecule has 2 aliphatic rings. The zero-order valence-corrected chi connectivity index (χ0v) is 19.3. The number of halogens is 1. The van der Waals surface area contributed by atoms with Gasteiger partial charge in [-0.05, 0) is 36.2 Å². The highest BCUT2D eigenvalue weighted by atomic mass is 35.5. The van der Waals surface area contributed by atoms with Gasteiger partial charge in [-0.15, -0.1) is 0 Å². The Morgan fingerprint density at radius 1 is 0.971 bits per heavy atom. The summed E-state index contributed by atoms with van der Waals surface area (Å²) in [5.41, 5.74) is 3.56. The van der Waals surface area contributed by atoms with E-state index in [2.05, 4.69) is 39.2 Å². The van der Waals surface area contributed by atoms with E-state index in [0.29, 0.717) is 13.2 Å². The van der Waals surface area contributed by atoms with Crippen LogP contribution < -0.4 is 14.4 Å². The molecule has 3 heterocycles. The molecule has 0 bridgehead atoms. The van der Waals surface area contributed by atoms with E-state index in [1.165, 1.54) is 5.56 Å². The lowest BCUT2D eigenvalue weighted by Crippen LogP contribution is -2.47. The minimum atomic E-state index is -1.82. The van der Waals surface area contributed by atoms with Gasteiger partial charge >= 0.3 is 11.9 Å².